The van der Waals surface area contributed by atoms with Crippen molar-refractivity contribution in [3.05, 3.63) is 0 Å². The van der Waals surface area contributed by atoms with Crippen molar-refractivity contribution in [1.29, 1.82) is 10.5 Å². The molecule has 0 aliphatic heterocycles. The molecule has 100 valence electrons. The van der Waals surface area contributed by atoms with E-state index in [9.17, 15) is 10.5 Å². The SMILES string of the molecule is CCC(C)C(C)(C#N)/N=N/C(C)(C#N)C(C)CC. The van der Waals surface area contributed by atoms with Gasteiger partial charge in [-0.3, -0.25) is 0 Å². The molecule has 18 heavy (non-hydrogen) atoms. The van der Waals surface area contributed by atoms with Crippen LogP contribution in [0.1, 0.15) is 54.4 Å². The zero-order valence-electron chi connectivity index (χ0n) is 12.4. The van der Waals surface area contributed by atoms with E-state index >= 15 is 0 Å². The van der Waals surface area contributed by atoms with Gasteiger partial charge in [0.2, 0.25) is 0 Å². The molecule has 0 bridgehead atoms. The van der Waals surface area contributed by atoms with E-state index in [2.05, 4.69) is 22.4 Å². The minimum Gasteiger partial charge on any atom is -0.196 e. The molecular weight excluding hydrogens is 224 g/mol. The summed E-state index contributed by atoms with van der Waals surface area (Å²) in [7, 11) is 0. The third-order valence-corrected chi connectivity index (χ3v) is 4.06. The Bertz CT molecular complexity index is 340. The number of hydrogen-bond acceptors (Lipinski definition) is 4. The molecule has 0 aromatic rings. The number of azo groups is 1. The monoisotopic (exact) mass is 248 g/mol. The summed E-state index contributed by atoms with van der Waals surface area (Å²) in [6, 6.07) is 4.43. The van der Waals surface area contributed by atoms with Gasteiger partial charge in [0, 0.05) is 0 Å². The Balaban J connectivity index is 5.24. The fourth-order valence-corrected chi connectivity index (χ4v) is 1.46. The Morgan fingerprint density at radius 3 is 1.33 bits per heavy atom. The predicted molar refractivity (Wildman–Crippen MR) is 71.8 cm³/mol. The molecule has 0 aliphatic rings. The molecular formula is C14H24N4. The number of nitriles is 2. The van der Waals surface area contributed by atoms with Crippen LogP contribution in [0, 0.1) is 34.5 Å². The van der Waals surface area contributed by atoms with Gasteiger partial charge in [-0.2, -0.15) is 20.8 Å². The van der Waals surface area contributed by atoms with E-state index in [1.165, 1.54) is 0 Å². The first-order valence-corrected chi connectivity index (χ1v) is 6.56. The van der Waals surface area contributed by atoms with Gasteiger partial charge in [0.25, 0.3) is 0 Å². The van der Waals surface area contributed by atoms with Crippen LogP contribution in [0.3, 0.4) is 0 Å². The van der Waals surface area contributed by atoms with Gasteiger partial charge in [0.1, 0.15) is 0 Å². The van der Waals surface area contributed by atoms with Crippen LogP contribution in [-0.2, 0) is 0 Å². The lowest BCUT2D eigenvalue weighted by molar-refractivity contribution is 0.324. The summed E-state index contributed by atoms with van der Waals surface area (Å²) in [4.78, 5) is 0. The molecule has 0 aliphatic carbocycles. The Kier molecular flexibility index (Phi) is 5.98. The Hall–Kier alpha value is -1.42. The van der Waals surface area contributed by atoms with Crippen LogP contribution in [0.5, 0.6) is 0 Å². The molecule has 4 heteroatoms. The molecule has 0 rings (SSSR count). The molecule has 0 spiro atoms. The van der Waals surface area contributed by atoms with E-state index in [1.54, 1.807) is 13.8 Å². The highest BCUT2D eigenvalue weighted by Gasteiger charge is 2.34. The Morgan fingerprint density at radius 2 is 1.17 bits per heavy atom. The van der Waals surface area contributed by atoms with Crippen LogP contribution in [-0.4, -0.2) is 11.1 Å². The van der Waals surface area contributed by atoms with Crippen molar-refractivity contribution in [3.63, 3.8) is 0 Å². The van der Waals surface area contributed by atoms with Crippen molar-refractivity contribution in [2.75, 3.05) is 0 Å². The largest absolute Gasteiger partial charge is 0.196 e. The van der Waals surface area contributed by atoms with Gasteiger partial charge in [0.15, 0.2) is 11.1 Å². The second-order valence-corrected chi connectivity index (χ2v) is 5.34. The van der Waals surface area contributed by atoms with Crippen molar-refractivity contribution < 1.29 is 0 Å². The second-order valence-electron chi connectivity index (χ2n) is 5.34. The van der Waals surface area contributed by atoms with Crippen molar-refractivity contribution in [3.8, 4) is 12.1 Å². The summed E-state index contributed by atoms with van der Waals surface area (Å²) in [5.41, 5.74) is -1.69. The molecule has 4 unspecified atom stereocenters. The highest BCUT2D eigenvalue weighted by atomic mass is 15.2. The lowest BCUT2D eigenvalue weighted by Gasteiger charge is -2.26. The summed E-state index contributed by atoms with van der Waals surface area (Å²) in [5, 5.41) is 26.9. The third kappa shape index (κ3) is 3.53. The van der Waals surface area contributed by atoms with E-state index < -0.39 is 11.1 Å². The molecule has 0 saturated carbocycles. The molecule has 4 nitrogen and oxygen atoms in total. The number of rotatable bonds is 6. The molecule has 0 aromatic heterocycles. The fourth-order valence-electron chi connectivity index (χ4n) is 1.46. The van der Waals surface area contributed by atoms with Gasteiger partial charge in [-0.25, -0.2) is 0 Å². The van der Waals surface area contributed by atoms with Gasteiger partial charge >= 0.3 is 0 Å². The highest BCUT2D eigenvalue weighted by molar-refractivity contribution is 5.10. The molecule has 0 saturated heterocycles. The van der Waals surface area contributed by atoms with Crippen molar-refractivity contribution in [1.82, 2.24) is 0 Å². The summed E-state index contributed by atoms with van der Waals surface area (Å²) in [5.74, 6) is 0.234. The van der Waals surface area contributed by atoms with Gasteiger partial charge < -0.3 is 0 Å². The predicted octanol–water partition coefficient (Wildman–Crippen LogP) is 4.10. The van der Waals surface area contributed by atoms with Crippen LogP contribution in [0.4, 0.5) is 0 Å². The second kappa shape index (κ2) is 6.50. The highest BCUT2D eigenvalue weighted by Crippen LogP contribution is 2.29. The van der Waals surface area contributed by atoms with Gasteiger partial charge in [-0.05, 0) is 25.7 Å². The standard InChI is InChI=1S/C14H24N4/c1-7-11(3)13(5,9-15)17-18-14(6,10-16)12(4)8-2/h11-12H,7-8H2,1-6H3/b18-17+. The average Bonchev–Trinajstić information content (AvgIpc) is 2.42. The zero-order chi connectivity index (χ0) is 14.4. The summed E-state index contributed by atoms with van der Waals surface area (Å²) < 4.78 is 0. The minimum atomic E-state index is -0.847. The molecule has 0 amide bonds. The van der Waals surface area contributed by atoms with Crippen molar-refractivity contribution >= 4 is 0 Å². The maximum Gasteiger partial charge on any atom is 0.167 e. The van der Waals surface area contributed by atoms with E-state index in [0.29, 0.717) is 0 Å². The average molecular weight is 248 g/mol. The number of hydrogen-bond donors (Lipinski definition) is 0. The van der Waals surface area contributed by atoms with E-state index in [1.807, 2.05) is 27.7 Å². The normalized spacial score (nSPS) is 21.3. The lowest BCUT2D eigenvalue weighted by atomic mass is 9.86. The van der Waals surface area contributed by atoms with Crippen LogP contribution in [0.25, 0.3) is 0 Å². The third-order valence-electron chi connectivity index (χ3n) is 4.06. The van der Waals surface area contributed by atoms with Crippen molar-refractivity contribution in [2.45, 2.75) is 65.5 Å². The lowest BCUT2D eigenvalue weighted by Crippen LogP contribution is -2.32. The van der Waals surface area contributed by atoms with Gasteiger partial charge in [0.05, 0.1) is 12.1 Å². The topological polar surface area (TPSA) is 72.3 Å². The van der Waals surface area contributed by atoms with Gasteiger partial charge in [-0.1, -0.05) is 40.5 Å². The smallest absolute Gasteiger partial charge is 0.167 e. The first-order valence-electron chi connectivity index (χ1n) is 6.56. The molecule has 0 aromatic carbocycles. The van der Waals surface area contributed by atoms with E-state index in [4.69, 9.17) is 0 Å². The summed E-state index contributed by atoms with van der Waals surface area (Å²) in [6.07, 6.45) is 1.71. The Morgan fingerprint density at radius 1 is 0.889 bits per heavy atom. The Labute approximate surface area is 111 Å². The first-order chi connectivity index (χ1) is 8.29. The molecule has 0 radical (unpaired) electrons. The maximum atomic E-state index is 9.27. The molecule has 0 fully saturated rings. The first kappa shape index (κ1) is 16.6. The molecule has 4 atom stereocenters. The van der Waals surface area contributed by atoms with E-state index in [-0.39, 0.29) is 11.8 Å². The van der Waals surface area contributed by atoms with Gasteiger partial charge in [-0.15, -0.1) is 0 Å². The zero-order valence-corrected chi connectivity index (χ0v) is 12.4. The fraction of sp³-hybridized carbons (Fsp3) is 0.857. The quantitative estimate of drug-likeness (QED) is 0.664. The van der Waals surface area contributed by atoms with Crippen LogP contribution >= 0.6 is 0 Å². The summed E-state index contributed by atoms with van der Waals surface area (Å²) >= 11 is 0. The van der Waals surface area contributed by atoms with Crippen LogP contribution < -0.4 is 0 Å². The molecule has 0 N–H and O–H groups in total. The van der Waals surface area contributed by atoms with Crippen LogP contribution in [0.2, 0.25) is 0 Å². The van der Waals surface area contributed by atoms with E-state index in [0.717, 1.165) is 12.8 Å². The molecule has 0 heterocycles. The number of nitrogens with zero attached hydrogens (tertiary/aromatic N) is 4. The minimum absolute atomic E-state index is 0.117. The summed E-state index contributed by atoms with van der Waals surface area (Å²) in [6.45, 7) is 11.6. The van der Waals surface area contributed by atoms with Crippen LogP contribution in [0.15, 0.2) is 10.2 Å². The van der Waals surface area contributed by atoms with Crippen molar-refractivity contribution in [2.24, 2.45) is 22.1 Å². The maximum absolute atomic E-state index is 9.27.